The van der Waals surface area contributed by atoms with E-state index in [1.54, 1.807) is 12.1 Å². The summed E-state index contributed by atoms with van der Waals surface area (Å²) in [6, 6.07) is 9.01. The van der Waals surface area contributed by atoms with Crippen molar-refractivity contribution in [3.05, 3.63) is 35.9 Å². The number of aliphatic hydroxyl groups is 1. The van der Waals surface area contributed by atoms with E-state index in [0.717, 1.165) is 25.7 Å². The molecular weight excluding hydrogens is 224 g/mol. The summed E-state index contributed by atoms with van der Waals surface area (Å²) >= 11 is 5.61. The van der Waals surface area contributed by atoms with Gasteiger partial charge in [0.15, 0.2) is 5.60 Å². The Balaban J connectivity index is 2.39. The number of carbonyl (C=O) groups is 1. The average Bonchev–Trinajstić information content (AvgIpc) is 2.82. The monoisotopic (exact) mass is 238 g/mol. The lowest BCUT2D eigenvalue weighted by Gasteiger charge is -2.30. The first kappa shape index (κ1) is 11.6. The maximum Gasteiger partial charge on any atom is 0.258 e. The van der Waals surface area contributed by atoms with E-state index >= 15 is 0 Å². The van der Waals surface area contributed by atoms with Gasteiger partial charge in [-0.15, -0.1) is 0 Å². The molecule has 1 aliphatic rings. The van der Waals surface area contributed by atoms with Crippen molar-refractivity contribution < 1.29 is 9.90 Å². The van der Waals surface area contributed by atoms with E-state index in [2.05, 4.69) is 0 Å². The van der Waals surface area contributed by atoms with Crippen LogP contribution in [0.25, 0.3) is 0 Å². The zero-order valence-corrected chi connectivity index (χ0v) is 9.78. The van der Waals surface area contributed by atoms with Gasteiger partial charge in [0.05, 0.1) is 0 Å². The molecule has 0 bridgehead atoms. The van der Waals surface area contributed by atoms with E-state index < -0.39 is 10.8 Å². The van der Waals surface area contributed by atoms with Crippen molar-refractivity contribution in [2.24, 2.45) is 5.92 Å². The van der Waals surface area contributed by atoms with Crippen molar-refractivity contribution in [3.8, 4) is 0 Å². The molecule has 1 saturated carbocycles. The van der Waals surface area contributed by atoms with Crippen LogP contribution in [0.2, 0.25) is 0 Å². The maximum atomic E-state index is 11.6. The van der Waals surface area contributed by atoms with Crippen LogP contribution in [0.1, 0.15) is 31.2 Å². The van der Waals surface area contributed by atoms with Crippen LogP contribution in [0.4, 0.5) is 0 Å². The summed E-state index contributed by atoms with van der Waals surface area (Å²) in [6.45, 7) is 0. The number of rotatable bonds is 3. The summed E-state index contributed by atoms with van der Waals surface area (Å²) in [4.78, 5) is 11.6. The minimum absolute atomic E-state index is 0.0418. The lowest BCUT2D eigenvalue weighted by atomic mass is 9.81. The van der Waals surface area contributed by atoms with Crippen LogP contribution in [0, 0.1) is 5.92 Å². The zero-order chi connectivity index (χ0) is 11.6. The van der Waals surface area contributed by atoms with Crippen LogP contribution in [-0.4, -0.2) is 10.3 Å². The molecule has 1 N–H and O–H groups in total. The Hall–Kier alpha value is -0.860. The van der Waals surface area contributed by atoms with Crippen LogP contribution in [0.5, 0.6) is 0 Å². The molecule has 1 aliphatic carbocycles. The fraction of sp³-hybridized carbons (Fsp3) is 0.462. The quantitative estimate of drug-likeness (QED) is 0.823. The summed E-state index contributed by atoms with van der Waals surface area (Å²) < 4.78 is 0. The minimum atomic E-state index is -1.50. The number of hydrogen-bond acceptors (Lipinski definition) is 2. The molecule has 86 valence electrons. The van der Waals surface area contributed by atoms with Gasteiger partial charge in [-0.1, -0.05) is 43.2 Å². The van der Waals surface area contributed by atoms with Gasteiger partial charge in [0.2, 0.25) is 0 Å². The summed E-state index contributed by atoms with van der Waals surface area (Å²) in [5.74, 6) is -0.0418. The van der Waals surface area contributed by atoms with Gasteiger partial charge in [-0.3, -0.25) is 4.79 Å². The molecule has 3 heteroatoms. The smallest absolute Gasteiger partial charge is 0.258 e. The van der Waals surface area contributed by atoms with Crippen LogP contribution < -0.4 is 0 Å². The second-order valence-electron chi connectivity index (χ2n) is 4.39. The topological polar surface area (TPSA) is 37.3 Å². The van der Waals surface area contributed by atoms with Crippen LogP contribution >= 0.6 is 11.6 Å². The second kappa shape index (κ2) is 4.56. The van der Waals surface area contributed by atoms with Crippen molar-refractivity contribution >= 4 is 16.8 Å². The van der Waals surface area contributed by atoms with Gasteiger partial charge < -0.3 is 5.11 Å². The van der Waals surface area contributed by atoms with Crippen LogP contribution in [0.3, 0.4) is 0 Å². The molecule has 0 saturated heterocycles. The van der Waals surface area contributed by atoms with Crippen molar-refractivity contribution in [1.82, 2.24) is 0 Å². The van der Waals surface area contributed by atoms with Crippen LogP contribution in [0.15, 0.2) is 30.3 Å². The lowest BCUT2D eigenvalue weighted by molar-refractivity contribution is -0.135. The highest BCUT2D eigenvalue weighted by Crippen LogP contribution is 2.41. The standard InChI is InChI=1S/C13H15ClO2/c14-12(15)13(16,11-8-4-5-9-11)10-6-2-1-3-7-10/h1-3,6-7,11,16H,4-5,8-9H2. The molecule has 0 spiro atoms. The van der Waals surface area contributed by atoms with E-state index in [-0.39, 0.29) is 5.92 Å². The fourth-order valence-corrected chi connectivity index (χ4v) is 2.81. The Morgan fingerprint density at radius 1 is 1.25 bits per heavy atom. The molecule has 1 unspecified atom stereocenters. The summed E-state index contributed by atoms with van der Waals surface area (Å²) in [5.41, 5.74) is -0.888. The number of benzene rings is 1. The average molecular weight is 239 g/mol. The third-order valence-electron chi connectivity index (χ3n) is 3.46. The van der Waals surface area contributed by atoms with Crippen LogP contribution in [-0.2, 0) is 10.4 Å². The molecule has 1 fully saturated rings. The van der Waals surface area contributed by atoms with Gasteiger partial charge >= 0.3 is 0 Å². The molecule has 0 aromatic heterocycles. The first-order valence-corrected chi connectivity index (χ1v) is 6.01. The second-order valence-corrected chi connectivity index (χ2v) is 4.73. The summed E-state index contributed by atoms with van der Waals surface area (Å²) in [7, 11) is 0. The highest BCUT2D eigenvalue weighted by molar-refractivity contribution is 6.65. The van der Waals surface area contributed by atoms with Crippen molar-refractivity contribution in [2.75, 3.05) is 0 Å². The predicted octanol–water partition coefficient (Wildman–Crippen LogP) is 2.83. The Morgan fingerprint density at radius 3 is 2.31 bits per heavy atom. The first-order valence-electron chi connectivity index (χ1n) is 5.63. The Morgan fingerprint density at radius 2 is 1.81 bits per heavy atom. The molecule has 0 amide bonds. The Kier molecular flexibility index (Phi) is 3.31. The highest BCUT2D eigenvalue weighted by atomic mass is 35.5. The van der Waals surface area contributed by atoms with Gasteiger partial charge in [-0.05, 0) is 30.0 Å². The largest absolute Gasteiger partial charge is 0.376 e. The van der Waals surface area contributed by atoms with Gasteiger partial charge in [0.25, 0.3) is 5.24 Å². The molecule has 1 atom stereocenters. The van der Waals surface area contributed by atoms with Crippen molar-refractivity contribution in [1.29, 1.82) is 0 Å². The Bertz CT molecular complexity index is 371. The molecule has 0 heterocycles. The third-order valence-corrected chi connectivity index (χ3v) is 3.75. The molecule has 1 aromatic carbocycles. The summed E-state index contributed by atoms with van der Waals surface area (Å²) in [5, 5.41) is 9.92. The normalized spacial score (nSPS) is 20.6. The SMILES string of the molecule is O=C(Cl)C(O)(c1ccccc1)C1CCCC1. The minimum Gasteiger partial charge on any atom is -0.376 e. The molecular formula is C13H15ClO2. The number of carbonyl (C=O) groups excluding carboxylic acids is 1. The third kappa shape index (κ3) is 1.87. The van der Waals surface area contributed by atoms with E-state index in [1.807, 2.05) is 18.2 Å². The van der Waals surface area contributed by atoms with E-state index in [1.165, 1.54) is 0 Å². The Labute approximate surface area is 100 Å². The number of halogens is 1. The molecule has 0 aliphatic heterocycles. The van der Waals surface area contributed by atoms with E-state index in [0.29, 0.717) is 5.56 Å². The number of hydrogen-bond donors (Lipinski definition) is 1. The fourth-order valence-electron chi connectivity index (χ4n) is 2.55. The zero-order valence-electron chi connectivity index (χ0n) is 9.03. The predicted molar refractivity (Wildman–Crippen MR) is 63.2 cm³/mol. The molecule has 2 nitrogen and oxygen atoms in total. The van der Waals surface area contributed by atoms with E-state index in [9.17, 15) is 9.90 Å². The summed E-state index contributed by atoms with van der Waals surface area (Å²) in [6.07, 6.45) is 3.85. The first-order chi connectivity index (χ1) is 7.65. The highest BCUT2D eigenvalue weighted by Gasteiger charge is 2.45. The van der Waals surface area contributed by atoms with Crippen molar-refractivity contribution in [2.45, 2.75) is 31.3 Å². The van der Waals surface area contributed by atoms with Crippen molar-refractivity contribution in [3.63, 3.8) is 0 Å². The van der Waals surface area contributed by atoms with Gasteiger partial charge in [0.1, 0.15) is 0 Å². The van der Waals surface area contributed by atoms with Gasteiger partial charge in [0, 0.05) is 5.92 Å². The molecule has 2 rings (SSSR count). The van der Waals surface area contributed by atoms with Gasteiger partial charge in [-0.25, -0.2) is 0 Å². The van der Waals surface area contributed by atoms with E-state index in [4.69, 9.17) is 11.6 Å². The maximum absolute atomic E-state index is 11.6. The lowest BCUT2D eigenvalue weighted by Crippen LogP contribution is -2.39. The molecule has 1 aromatic rings. The molecule has 0 radical (unpaired) electrons. The van der Waals surface area contributed by atoms with Gasteiger partial charge in [-0.2, -0.15) is 0 Å². The molecule has 16 heavy (non-hydrogen) atoms.